The molecule has 0 aromatic heterocycles. The lowest BCUT2D eigenvalue weighted by molar-refractivity contribution is 0.224. The molecule has 0 aliphatic rings. The molecule has 0 aliphatic carbocycles. The number of anilines is 1. The highest BCUT2D eigenvalue weighted by molar-refractivity contribution is 5.54. The lowest BCUT2D eigenvalue weighted by atomic mass is 9.90. The van der Waals surface area contributed by atoms with Gasteiger partial charge in [-0.25, -0.2) is 0 Å². The summed E-state index contributed by atoms with van der Waals surface area (Å²) in [6.45, 7) is 8.35. The number of aliphatic hydroxyl groups excluding tert-OH is 1. The molecule has 0 heterocycles. The molecule has 2 nitrogen and oxygen atoms in total. The van der Waals surface area contributed by atoms with Gasteiger partial charge in [-0.15, -0.1) is 0 Å². The van der Waals surface area contributed by atoms with Crippen LogP contribution >= 0.6 is 0 Å². The second kappa shape index (κ2) is 5.68. The van der Waals surface area contributed by atoms with Gasteiger partial charge in [0.2, 0.25) is 0 Å². The fourth-order valence-electron chi connectivity index (χ4n) is 2.30. The van der Waals surface area contributed by atoms with Gasteiger partial charge >= 0.3 is 0 Å². The van der Waals surface area contributed by atoms with Crippen molar-refractivity contribution in [2.45, 2.75) is 33.2 Å². The molecule has 2 rings (SSSR count). The Balaban J connectivity index is 2.38. The van der Waals surface area contributed by atoms with Crippen LogP contribution in [0.2, 0.25) is 0 Å². The molecular weight excluding hydrogens is 246 g/mol. The monoisotopic (exact) mass is 269 g/mol. The average Bonchev–Trinajstić information content (AvgIpc) is 2.44. The highest BCUT2D eigenvalue weighted by atomic mass is 16.3. The van der Waals surface area contributed by atoms with Crippen molar-refractivity contribution in [3.05, 3.63) is 64.7 Å². The summed E-state index contributed by atoms with van der Waals surface area (Å²) in [7, 11) is 0. The number of nitrogens with one attached hydrogen (secondary N) is 1. The third-order valence-electron chi connectivity index (χ3n) is 4.02. The van der Waals surface area contributed by atoms with E-state index in [1.165, 1.54) is 16.7 Å². The van der Waals surface area contributed by atoms with Crippen molar-refractivity contribution in [3.8, 4) is 0 Å². The molecule has 1 unspecified atom stereocenters. The standard InChI is InChI=1S/C18H23NO/c1-13-9-10-16(11-15(13)3)18(4,12-20)19-17-8-6-5-7-14(17)2/h5-11,19-20H,12H2,1-4H3. The Labute approximate surface area is 121 Å². The minimum Gasteiger partial charge on any atom is -0.394 e. The van der Waals surface area contributed by atoms with E-state index in [0.29, 0.717) is 0 Å². The summed E-state index contributed by atoms with van der Waals surface area (Å²) in [6.07, 6.45) is 0. The van der Waals surface area contributed by atoms with Crippen molar-refractivity contribution >= 4 is 5.69 Å². The van der Waals surface area contributed by atoms with E-state index in [9.17, 15) is 5.11 Å². The topological polar surface area (TPSA) is 32.3 Å². The summed E-state index contributed by atoms with van der Waals surface area (Å²) in [5.74, 6) is 0. The second-order valence-electron chi connectivity index (χ2n) is 5.73. The number of benzene rings is 2. The first-order valence-corrected chi connectivity index (χ1v) is 6.99. The fourth-order valence-corrected chi connectivity index (χ4v) is 2.30. The molecule has 2 heteroatoms. The predicted molar refractivity (Wildman–Crippen MR) is 85.2 cm³/mol. The quantitative estimate of drug-likeness (QED) is 0.881. The van der Waals surface area contributed by atoms with Crippen LogP contribution in [-0.2, 0) is 5.54 Å². The normalized spacial score (nSPS) is 13.8. The van der Waals surface area contributed by atoms with Gasteiger partial charge in [0.05, 0.1) is 12.1 Å². The largest absolute Gasteiger partial charge is 0.394 e. The van der Waals surface area contributed by atoms with E-state index in [0.717, 1.165) is 11.3 Å². The van der Waals surface area contributed by atoms with Crippen LogP contribution in [0.15, 0.2) is 42.5 Å². The molecule has 2 aromatic rings. The zero-order chi connectivity index (χ0) is 14.8. The average molecular weight is 269 g/mol. The van der Waals surface area contributed by atoms with Gasteiger partial charge in [0.1, 0.15) is 0 Å². The van der Waals surface area contributed by atoms with Crippen LogP contribution in [-0.4, -0.2) is 11.7 Å². The van der Waals surface area contributed by atoms with Gasteiger partial charge in [0.15, 0.2) is 0 Å². The van der Waals surface area contributed by atoms with Crippen LogP contribution < -0.4 is 5.32 Å². The summed E-state index contributed by atoms with van der Waals surface area (Å²) in [5, 5.41) is 13.4. The maximum atomic E-state index is 9.89. The van der Waals surface area contributed by atoms with Crippen molar-refractivity contribution in [1.29, 1.82) is 0 Å². The molecule has 0 bridgehead atoms. The molecular formula is C18H23NO. The Bertz CT molecular complexity index is 606. The van der Waals surface area contributed by atoms with E-state index in [-0.39, 0.29) is 6.61 Å². The molecule has 0 radical (unpaired) electrons. The van der Waals surface area contributed by atoms with Gasteiger partial charge in [-0.2, -0.15) is 0 Å². The van der Waals surface area contributed by atoms with E-state index in [4.69, 9.17) is 0 Å². The highest BCUT2D eigenvalue weighted by Crippen LogP contribution is 2.28. The third-order valence-corrected chi connectivity index (χ3v) is 4.02. The summed E-state index contributed by atoms with van der Waals surface area (Å²) < 4.78 is 0. The van der Waals surface area contributed by atoms with Crippen molar-refractivity contribution in [3.63, 3.8) is 0 Å². The SMILES string of the molecule is Cc1ccc(C(C)(CO)Nc2ccccc2C)cc1C. The van der Waals surface area contributed by atoms with Gasteiger partial charge in [-0.05, 0) is 56.0 Å². The number of hydrogen-bond acceptors (Lipinski definition) is 2. The van der Waals surface area contributed by atoms with Crippen LogP contribution in [0.4, 0.5) is 5.69 Å². The zero-order valence-corrected chi connectivity index (χ0v) is 12.7. The van der Waals surface area contributed by atoms with E-state index < -0.39 is 5.54 Å². The summed E-state index contributed by atoms with van der Waals surface area (Å²) >= 11 is 0. The number of hydrogen-bond donors (Lipinski definition) is 2. The Morgan fingerprint density at radius 3 is 2.25 bits per heavy atom. The molecule has 1 atom stereocenters. The molecule has 0 aliphatic heterocycles. The van der Waals surface area contributed by atoms with Gasteiger partial charge in [0, 0.05) is 5.69 Å². The minimum atomic E-state index is -0.482. The lowest BCUT2D eigenvalue weighted by Crippen LogP contribution is -2.36. The molecule has 2 aromatic carbocycles. The molecule has 0 amide bonds. The first-order valence-electron chi connectivity index (χ1n) is 6.99. The smallest absolute Gasteiger partial charge is 0.0828 e. The van der Waals surface area contributed by atoms with Crippen LogP contribution in [0.1, 0.15) is 29.2 Å². The van der Waals surface area contributed by atoms with Crippen molar-refractivity contribution in [2.24, 2.45) is 0 Å². The van der Waals surface area contributed by atoms with Gasteiger partial charge in [-0.1, -0.05) is 36.4 Å². The molecule has 2 N–H and O–H groups in total. The number of rotatable bonds is 4. The maximum absolute atomic E-state index is 9.89. The molecule has 20 heavy (non-hydrogen) atoms. The first kappa shape index (κ1) is 14.6. The van der Waals surface area contributed by atoms with Gasteiger partial charge < -0.3 is 10.4 Å². The van der Waals surface area contributed by atoms with Crippen LogP contribution in [0.5, 0.6) is 0 Å². The highest BCUT2D eigenvalue weighted by Gasteiger charge is 2.26. The summed E-state index contributed by atoms with van der Waals surface area (Å²) in [4.78, 5) is 0. The Kier molecular flexibility index (Phi) is 4.15. The van der Waals surface area contributed by atoms with Crippen molar-refractivity contribution in [2.75, 3.05) is 11.9 Å². The van der Waals surface area contributed by atoms with Gasteiger partial charge in [0.25, 0.3) is 0 Å². The molecule has 106 valence electrons. The van der Waals surface area contributed by atoms with Crippen LogP contribution in [0, 0.1) is 20.8 Å². The van der Waals surface area contributed by atoms with E-state index >= 15 is 0 Å². The lowest BCUT2D eigenvalue weighted by Gasteiger charge is -2.32. The van der Waals surface area contributed by atoms with E-state index in [1.807, 2.05) is 25.1 Å². The molecule has 0 saturated heterocycles. The third kappa shape index (κ3) is 2.86. The number of aryl methyl sites for hydroxylation is 3. The number of aliphatic hydroxyl groups is 1. The predicted octanol–water partition coefficient (Wildman–Crippen LogP) is 3.93. The summed E-state index contributed by atoms with van der Waals surface area (Å²) in [5.41, 5.74) is 5.37. The van der Waals surface area contributed by atoms with E-state index in [1.54, 1.807) is 0 Å². The zero-order valence-electron chi connectivity index (χ0n) is 12.7. The fraction of sp³-hybridized carbons (Fsp3) is 0.333. The number of para-hydroxylation sites is 1. The Hall–Kier alpha value is -1.80. The first-order chi connectivity index (χ1) is 9.46. The Morgan fingerprint density at radius 1 is 0.950 bits per heavy atom. The van der Waals surface area contributed by atoms with Crippen molar-refractivity contribution in [1.82, 2.24) is 0 Å². The van der Waals surface area contributed by atoms with Gasteiger partial charge in [-0.3, -0.25) is 0 Å². The van der Waals surface area contributed by atoms with E-state index in [2.05, 4.69) is 50.4 Å². The minimum absolute atomic E-state index is 0.0455. The molecule has 0 spiro atoms. The Morgan fingerprint density at radius 2 is 1.65 bits per heavy atom. The molecule has 0 saturated carbocycles. The second-order valence-corrected chi connectivity index (χ2v) is 5.73. The molecule has 0 fully saturated rings. The maximum Gasteiger partial charge on any atom is 0.0828 e. The summed E-state index contributed by atoms with van der Waals surface area (Å²) in [6, 6.07) is 14.5. The van der Waals surface area contributed by atoms with Crippen LogP contribution in [0.3, 0.4) is 0 Å². The van der Waals surface area contributed by atoms with Crippen molar-refractivity contribution < 1.29 is 5.11 Å². The van der Waals surface area contributed by atoms with Crippen LogP contribution in [0.25, 0.3) is 0 Å².